The van der Waals surface area contributed by atoms with E-state index in [4.69, 9.17) is 5.73 Å². The standard InChI is InChI=1S/C12H11F8NO3.ClH/c13-9(14)11(17,18)23-6-1-5(8(22)4-21)2-7(3-6)24-12(19,20)10(15)16;/h1-3,8-10,22H,4,21H2;1H. The first-order valence-electron chi connectivity index (χ1n) is 6.12. The van der Waals surface area contributed by atoms with Gasteiger partial charge in [-0.25, -0.2) is 0 Å². The highest BCUT2D eigenvalue weighted by Crippen LogP contribution is 2.35. The fourth-order valence-corrected chi connectivity index (χ4v) is 1.44. The van der Waals surface area contributed by atoms with E-state index in [-0.39, 0.29) is 18.5 Å². The second-order valence-electron chi connectivity index (χ2n) is 4.42. The van der Waals surface area contributed by atoms with Crippen LogP contribution in [0.3, 0.4) is 0 Å². The number of nitrogens with two attached hydrogens (primary N) is 1. The van der Waals surface area contributed by atoms with Crippen molar-refractivity contribution in [2.24, 2.45) is 5.73 Å². The van der Waals surface area contributed by atoms with Gasteiger partial charge in [-0.3, -0.25) is 0 Å². The largest absolute Gasteiger partial charge is 0.461 e. The molecule has 0 spiro atoms. The van der Waals surface area contributed by atoms with Crippen molar-refractivity contribution in [2.75, 3.05) is 6.54 Å². The van der Waals surface area contributed by atoms with Gasteiger partial charge in [-0.1, -0.05) is 0 Å². The van der Waals surface area contributed by atoms with Gasteiger partial charge >= 0.3 is 25.1 Å². The predicted molar refractivity (Wildman–Crippen MR) is 70.9 cm³/mol. The number of ether oxygens (including phenoxy) is 2. The molecular formula is C12H12ClF8NO3. The van der Waals surface area contributed by atoms with E-state index >= 15 is 0 Å². The maximum atomic E-state index is 12.9. The second kappa shape index (κ2) is 8.72. The molecule has 0 radical (unpaired) electrons. The quantitative estimate of drug-likeness (QED) is 0.649. The summed E-state index contributed by atoms with van der Waals surface area (Å²) in [6, 6.07) is 1.46. The van der Waals surface area contributed by atoms with Gasteiger partial charge in [0.05, 0.1) is 6.10 Å². The topological polar surface area (TPSA) is 64.7 Å². The molecule has 0 aliphatic rings. The maximum absolute atomic E-state index is 12.9. The molecule has 0 heterocycles. The Labute approximate surface area is 141 Å². The molecule has 0 bridgehead atoms. The number of alkyl halides is 8. The molecule has 0 saturated carbocycles. The normalized spacial score (nSPS) is 13.6. The van der Waals surface area contributed by atoms with Crippen molar-refractivity contribution in [3.63, 3.8) is 0 Å². The van der Waals surface area contributed by atoms with E-state index in [1.807, 2.05) is 0 Å². The lowest BCUT2D eigenvalue weighted by Gasteiger charge is -2.21. The van der Waals surface area contributed by atoms with Gasteiger partial charge in [0.2, 0.25) is 0 Å². The van der Waals surface area contributed by atoms with Crippen molar-refractivity contribution in [2.45, 2.75) is 31.2 Å². The Hall–Kier alpha value is -1.53. The zero-order valence-corrected chi connectivity index (χ0v) is 12.8. The molecule has 0 aromatic heterocycles. The average Bonchev–Trinajstić information content (AvgIpc) is 2.44. The first-order valence-corrected chi connectivity index (χ1v) is 6.12. The number of aliphatic hydroxyl groups excluding tert-OH is 1. The lowest BCUT2D eigenvalue weighted by molar-refractivity contribution is -0.255. The summed E-state index contributed by atoms with van der Waals surface area (Å²) < 4.78 is 107. The van der Waals surface area contributed by atoms with Crippen LogP contribution >= 0.6 is 12.4 Å². The minimum atomic E-state index is -4.99. The Morgan fingerprint density at radius 2 is 1.24 bits per heavy atom. The van der Waals surface area contributed by atoms with Crippen LogP contribution in [0.1, 0.15) is 11.7 Å². The van der Waals surface area contributed by atoms with Gasteiger partial charge < -0.3 is 20.3 Å². The van der Waals surface area contributed by atoms with Crippen LogP contribution in [0.5, 0.6) is 11.5 Å². The molecule has 4 nitrogen and oxygen atoms in total. The highest BCUT2D eigenvalue weighted by molar-refractivity contribution is 5.85. The number of halogens is 9. The summed E-state index contributed by atoms with van der Waals surface area (Å²) >= 11 is 0. The summed E-state index contributed by atoms with van der Waals surface area (Å²) in [7, 11) is 0. The zero-order chi connectivity index (χ0) is 18.7. The predicted octanol–water partition coefficient (Wildman–Crippen LogP) is 3.57. The van der Waals surface area contributed by atoms with Gasteiger partial charge in [0.25, 0.3) is 0 Å². The lowest BCUT2D eigenvalue weighted by Crippen LogP contribution is -2.34. The van der Waals surface area contributed by atoms with Crippen molar-refractivity contribution in [3.05, 3.63) is 23.8 Å². The smallest absolute Gasteiger partial charge is 0.428 e. The lowest BCUT2D eigenvalue weighted by atomic mass is 10.1. The van der Waals surface area contributed by atoms with Gasteiger partial charge in [-0.05, 0) is 17.7 Å². The van der Waals surface area contributed by atoms with Crippen molar-refractivity contribution in [1.82, 2.24) is 0 Å². The van der Waals surface area contributed by atoms with Crippen molar-refractivity contribution in [1.29, 1.82) is 0 Å². The average molecular weight is 406 g/mol. The van der Waals surface area contributed by atoms with E-state index < -0.39 is 54.8 Å². The molecule has 1 atom stereocenters. The van der Waals surface area contributed by atoms with Gasteiger partial charge in [0, 0.05) is 12.6 Å². The van der Waals surface area contributed by atoms with Crippen LogP contribution in [-0.2, 0) is 0 Å². The number of rotatable bonds is 8. The van der Waals surface area contributed by atoms with E-state index in [1.54, 1.807) is 0 Å². The van der Waals surface area contributed by atoms with E-state index in [2.05, 4.69) is 9.47 Å². The molecule has 0 saturated heterocycles. The van der Waals surface area contributed by atoms with Crippen LogP contribution in [-0.4, -0.2) is 36.7 Å². The number of hydrogen-bond acceptors (Lipinski definition) is 4. The molecule has 146 valence electrons. The summed E-state index contributed by atoms with van der Waals surface area (Å²) in [4.78, 5) is 0. The van der Waals surface area contributed by atoms with E-state index in [0.29, 0.717) is 12.1 Å². The molecule has 0 aliphatic heterocycles. The molecule has 0 fully saturated rings. The fraction of sp³-hybridized carbons (Fsp3) is 0.500. The number of aliphatic hydroxyl groups is 1. The van der Waals surface area contributed by atoms with Gasteiger partial charge in [0.1, 0.15) is 11.5 Å². The van der Waals surface area contributed by atoms with Crippen LogP contribution in [0, 0.1) is 0 Å². The van der Waals surface area contributed by atoms with Crippen molar-refractivity contribution >= 4 is 12.4 Å². The molecule has 13 heteroatoms. The molecule has 1 rings (SSSR count). The summed E-state index contributed by atoms with van der Waals surface area (Å²) in [6.45, 7) is -0.515. The highest BCUT2D eigenvalue weighted by atomic mass is 35.5. The third-order valence-corrected chi connectivity index (χ3v) is 2.53. The van der Waals surface area contributed by atoms with E-state index in [9.17, 15) is 40.2 Å². The van der Waals surface area contributed by atoms with Crippen LogP contribution < -0.4 is 15.2 Å². The van der Waals surface area contributed by atoms with Gasteiger partial charge in [-0.15, -0.1) is 12.4 Å². The van der Waals surface area contributed by atoms with Crippen LogP contribution in [0.15, 0.2) is 18.2 Å². The number of hydrogen-bond donors (Lipinski definition) is 2. The van der Waals surface area contributed by atoms with Crippen LogP contribution in [0.4, 0.5) is 35.1 Å². The first-order chi connectivity index (χ1) is 10.9. The zero-order valence-electron chi connectivity index (χ0n) is 11.9. The van der Waals surface area contributed by atoms with E-state index in [1.165, 1.54) is 0 Å². The number of benzene rings is 1. The Morgan fingerprint density at radius 3 is 1.52 bits per heavy atom. The van der Waals surface area contributed by atoms with Crippen LogP contribution in [0.2, 0.25) is 0 Å². The summed E-state index contributed by atoms with van der Waals surface area (Å²) in [5.41, 5.74) is 4.64. The molecule has 1 unspecified atom stereocenters. The van der Waals surface area contributed by atoms with E-state index in [0.717, 1.165) is 0 Å². The molecule has 0 amide bonds. The third kappa shape index (κ3) is 6.36. The maximum Gasteiger partial charge on any atom is 0.461 e. The third-order valence-electron chi connectivity index (χ3n) is 2.53. The second-order valence-corrected chi connectivity index (χ2v) is 4.42. The van der Waals surface area contributed by atoms with Crippen molar-refractivity contribution < 1.29 is 49.7 Å². The van der Waals surface area contributed by atoms with Gasteiger partial charge in [0.15, 0.2) is 0 Å². The Bertz CT molecular complexity index is 521. The van der Waals surface area contributed by atoms with Crippen LogP contribution in [0.25, 0.3) is 0 Å². The molecule has 25 heavy (non-hydrogen) atoms. The summed E-state index contributed by atoms with van der Waals surface area (Å²) in [6.07, 6.45) is -20.1. The molecule has 3 N–H and O–H groups in total. The molecular weight excluding hydrogens is 394 g/mol. The SMILES string of the molecule is Cl.NCC(O)c1cc(OC(F)(F)C(F)F)cc(OC(F)(F)C(F)F)c1. The molecule has 1 aromatic carbocycles. The highest BCUT2D eigenvalue weighted by Gasteiger charge is 2.45. The molecule has 1 aromatic rings. The summed E-state index contributed by atoms with van der Waals surface area (Å²) in [5.74, 6) is -2.24. The molecule has 0 aliphatic carbocycles. The van der Waals surface area contributed by atoms with Crippen molar-refractivity contribution in [3.8, 4) is 11.5 Å². The first kappa shape index (κ1) is 23.5. The summed E-state index contributed by atoms with van der Waals surface area (Å²) in [5, 5.41) is 9.49. The monoisotopic (exact) mass is 405 g/mol. The fourth-order valence-electron chi connectivity index (χ4n) is 1.44. The Morgan fingerprint density at radius 1 is 0.880 bits per heavy atom. The Kier molecular flexibility index (Phi) is 8.18. The van der Waals surface area contributed by atoms with Gasteiger partial charge in [-0.2, -0.15) is 35.1 Å². The minimum absolute atomic E-state index is 0. The minimum Gasteiger partial charge on any atom is -0.428 e. The Balaban J connectivity index is 0.00000576.